The molecule has 24 heavy (non-hydrogen) atoms. The molecule has 4 rings (SSSR count). The zero-order chi connectivity index (χ0) is 17.0. The van der Waals surface area contributed by atoms with E-state index in [1.165, 1.54) is 28.8 Å². The second-order valence-electron chi connectivity index (χ2n) is 7.94. The standard InChI is InChI=1S/C23H29N/c1-6-24-17(5)16(4)20-8-7-9-21(23(20)24)19-11-10-18-12-14(2)15(3)22(18)13-19/h7-11,13-17H,6,12H2,1-5H3/t14-,15-,16+,17-/m0/s1. The molecule has 4 atom stereocenters. The first-order valence-corrected chi connectivity index (χ1v) is 9.55. The molecule has 0 spiro atoms. The average molecular weight is 319 g/mol. The van der Waals surface area contributed by atoms with Crippen molar-refractivity contribution in [3.05, 3.63) is 53.1 Å². The van der Waals surface area contributed by atoms with Gasteiger partial charge in [-0.15, -0.1) is 0 Å². The van der Waals surface area contributed by atoms with Crippen molar-refractivity contribution in [1.82, 2.24) is 0 Å². The molecule has 0 fully saturated rings. The molecule has 2 aliphatic rings. The van der Waals surface area contributed by atoms with Gasteiger partial charge in [0.15, 0.2) is 0 Å². The lowest BCUT2D eigenvalue weighted by Crippen LogP contribution is -2.30. The van der Waals surface area contributed by atoms with Gasteiger partial charge in [0, 0.05) is 29.8 Å². The summed E-state index contributed by atoms with van der Waals surface area (Å²) in [6.45, 7) is 12.9. The van der Waals surface area contributed by atoms with Gasteiger partial charge in [0.1, 0.15) is 0 Å². The van der Waals surface area contributed by atoms with Crippen LogP contribution in [0.4, 0.5) is 5.69 Å². The van der Waals surface area contributed by atoms with Gasteiger partial charge < -0.3 is 4.90 Å². The first-order valence-electron chi connectivity index (χ1n) is 9.55. The van der Waals surface area contributed by atoms with E-state index < -0.39 is 0 Å². The Labute approximate surface area is 146 Å². The fourth-order valence-corrected chi connectivity index (χ4v) is 4.86. The van der Waals surface area contributed by atoms with Crippen LogP contribution in [0.2, 0.25) is 0 Å². The highest BCUT2D eigenvalue weighted by atomic mass is 15.2. The number of hydrogen-bond donors (Lipinski definition) is 0. The van der Waals surface area contributed by atoms with Crippen LogP contribution < -0.4 is 4.90 Å². The summed E-state index contributed by atoms with van der Waals surface area (Å²) in [7, 11) is 0. The summed E-state index contributed by atoms with van der Waals surface area (Å²) in [5.74, 6) is 2.05. The van der Waals surface area contributed by atoms with Crippen LogP contribution in [0.5, 0.6) is 0 Å². The van der Waals surface area contributed by atoms with Crippen LogP contribution in [0, 0.1) is 5.92 Å². The minimum atomic E-state index is 0.583. The summed E-state index contributed by atoms with van der Waals surface area (Å²) in [5, 5.41) is 0. The largest absolute Gasteiger partial charge is 0.368 e. The maximum absolute atomic E-state index is 2.59. The molecule has 0 N–H and O–H groups in total. The molecule has 2 aromatic rings. The second-order valence-corrected chi connectivity index (χ2v) is 7.94. The van der Waals surface area contributed by atoms with Gasteiger partial charge in [-0.3, -0.25) is 0 Å². The number of para-hydroxylation sites is 1. The summed E-state index contributed by atoms with van der Waals surface area (Å²) in [6, 6.07) is 14.7. The van der Waals surface area contributed by atoms with Crippen molar-refractivity contribution < 1.29 is 0 Å². The smallest absolute Gasteiger partial charge is 0.0484 e. The Kier molecular flexibility index (Phi) is 3.71. The lowest BCUT2D eigenvalue weighted by molar-refractivity contribution is 0.532. The van der Waals surface area contributed by atoms with Crippen molar-refractivity contribution >= 4 is 5.69 Å². The summed E-state index contributed by atoms with van der Waals surface area (Å²) in [5.41, 5.74) is 8.92. The van der Waals surface area contributed by atoms with E-state index in [9.17, 15) is 0 Å². The molecule has 1 nitrogen and oxygen atoms in total. The number of fused-ring (bicyclic) bond motifs is 2. The van der Waals surface area contributed by atoms with E-state index in [0.29, 0.717) is 17.9 Å². The molecule has 0 radical (unpaired) electrons. The number of likely N-dealkylation sites (N-methyl/N-ethyl adjacent to an activating group) is 1. The molecule has 1 heterocycles. The van der Waals surface area contributed by atoms with Crippen LogP contribution in [0.25, 0.3) is 11.1 Å². The molecular formula is C23H29N. The van der Waals surface area contributed by atoms with E-state index in [1.807, 2.05) is 0 Å². The molecule has 0 bridgehead atoms. The summed E-state index contributed by atoms with van der Waals surface area (Å²) >= 11 is 0. The van der Waals surface area contributed by atoms with Crippen LogP contribution in [-0.2, 0) is 6.42 Å². The average Bonchev–Trinajstić information content (AvgIpc) is 3.02. The minimum Gasteiger partial charge on any atom is -0.368 e. The van der Waals surface area contributed by atoms with Crippen molar-refractivity contribution in [1.29, 1.82) is 0 Å². The topological polar surface area (TPSA) is 3.24 Å². The molecule has 1 aliphatic carbocycles. The molecule has 0 saturated heterocycles. The lowest BCUT2D eigenvalue weighted by atomic mass is 9.92. The van der Waals surface area contributed by atoms with Gasteiger partial charge in [0.25, 0.3) is 0 Å². The van der Waals surface area contributed by atoms with Gasteiger partial charge in [0.2, 0.25) is 0 Å². The number of nitrogens with zero attached hydrogens (tertiary/aromatic N) is 1. The van der Waals surface area contributed by atoms with Gasteiger partial charge in [-0.25, -0.2) is 0 Å². The monoisotopic (exact) mass is 319 g/mol. The highest BCUT2D eigenvalue weighted by Gasteiger charge is 2.34. The normalized spacial score (nSPS) is 28.1. The molecule has 1 heteroatoms. The zero-order valence-corrected chi connectivity index (χ0v) is 15.6. The molecule has 0 unspecified atom stereocenters. The second kappa shape index (κ2) is 5.65. The van der Waals surface area contributed by atoms with Crippen molar-refractivity contribution in [2.45, 2.75) is 58.9 Å². The van der Waals surface area contributed by atoms with Gasteiger partial charge in [0.05, 0.1) is 0 Å². The van der Waals surface area contributed by atoms with E-state index >= 15 is 0 Å². The van der Waals surface area contributed by atoms with Crippen molar-refractivity contribution in [2.75, 3.05) is 11.4 Å². The fourth-order valence-electron chi connectivity index (χ4n) is 4.86. The molecule has 0 amide bonds. The molecule has 0 aromatic heterocycles. The quantitative estimate of drug-likeness (QED) is 0.658. The third kappa shape index (κ3) is 2.13. The summed E-state index contributed by atoms with van der Waals surface area (Å²) in [6.07, 6.45) is 1.23. The third-order valence-electron chi connectivity index (χ3n) is 6.74. The lowest BCUT2D eigenvalue weighted by Gasteiger charge is -2.26. The highest BCUT2D eigenvalue weighted by Crippen LogP contribution is 2.47. The Balaban J connectivity index is 1.86. The summed E-state index contributed by atoms with van der Waals surface area (Å²) < 4.78 is 0. The SMILES string of the molecule is CCN1c2c(-c3ccc4c(c3)[C@@H](C)[C@@H](C)C4)cccc2[C@H](C)[C@@H]1C. The molecule has 1 aliphatic heterocycles. The zero-order valence-electron chi connectivity index (χ0n) is 15.6. The molecule has 2 aromatic carbocycles. The fraction of sp³-hybridized carbons (Fsp3) is 0.478. The predicted octanol–water partition coefficient (Wildman–Crippen LogP) is 5.98. The number of benzene rings is 2. The molecule has 0 saturated carbocycles. The Morgan fingerprint density at radius 2 is 1.75 bits per heavy atom. The van der Waals surface area contributed by atoms with E-state index in [2.05, 4.69) is 75.9 Å². The number of hydrogen-bond acceptors (Lipinski definition) is 1. The van der Waals surface area contributed by atoms with Crippen molar-refractivity contribution in [2.24, 2.45) is 5.92 Å². The van der Waals surface area contributed by atoms with Gasteiger partial charge >= 0.3 is 0 Å². The maximum Gasteiger partial charge on any atom is 0.0484 e. The van der Waals surface area contributed by atoms with Gasteiger partial charge in [-0.1, -0.05) is 57.2 Å². The highest BCUT2D eigenvalue weighted by molar-refractivity contribution is 5.84. The van der Waals surface area contributed by atoms with E-state index in [0.717, 1.165) is 12.5 Å². The van der Waals surface area contributed by atoms with E-state index in [-0.39, 0.29) is 0 Å². The predicted molar refractivity (Wildman–Crippen MR) is 104 cm³/mol. The van der Waals surface area contributed by atoms with E-state index in [1.54, 1.807) is 11.1 Å². The summed E-state index contributed by atoms with van der Waals surface area (Å²) in [4.78, 5) is 2.59. The Morgan fingerprint density at radius 1 is 0.958 bits per heavy atom. The van der Waals surface area contributed by atoms with Gasteiger partial charge in [-0.2, -0.15) is 0 Å². The Bertz CT molecular complexity index is 776. The van der Waals surface area contributed by atoms with Crippen LogP contribution in [0.3, 0.4) is 0 Å². The molecular weight excluding hydrogens is 290 g/mol. The van der Waals surface area contributed by atoms with Crippen LogP contribution in [0.15, 0.2) is 36.4 Å². The number of rotatable bonds is 2. The number of anilines is 1. The van der Waals surface area contributed by atoms with Gasteiger partial charge in [-0.05, 0) is 54.4 Å². The van der Waals surface area contributed by atoms with Crippen molar-refractivity contribution in [3.8, 4) is 11.1 Å². The van der Waals surface area contributed by atoms with E-state index in [4.69, 9.17) is 0 Å². The maximum atomic E-state index is 2.59. The van der Waals surface area contributed by atoms with Crippen LogP contribution in [-0.4, -0.2) is 12.6 Å². The minimum absolute atomic E-state index is 0.583. The molecule has 126 valence electrons. The first kappa shape index (κ1) is 15.7. The van der Waals surface area contributed by atoms with Crippen LogP contribution >= 0.6 is 0 Å². The van der Waals surface area contributed by atoms with Crippen molar-refractivity contribution in [3.63, 3.8) is 0 Å². The Hall–Kier alpha value is -1.76. The Morgan fingerprint density at radius 3 is 2.50 bits per heavy atom. The third-order valence-corrected chi connectivity index (χ3v) is 6.74. The first-order chi connectivity index (χ1) is 11.5. The van der Waals surface area contributed by atoms with Crippen LogP contribution in [0.1, 0.15) is 63.1 Å².